The Morgan fingerprint density at radius 1 is 1.23 bits per heavy atom. The maximum atomic E-state index is 12.2. The normalized spacial score (nSPS) is 12.6. The van der Waals surface area contributed by atoms with Crippen LogP contribution in [0.3, 0.4) is 0 Å². The molecular formula is C19H19BrClNO4. The number of rotatable bonds is 6. The van der Waals surface area contributed by atoms with Crippen molar-refractivity contribution >= 4 is 39.1 Å². The van der Waals surface area contributed by atoms with Crippen LogP contribution in [0.2, 0.25) is 5.02 Å². The number of ether oxygens (including phenoxy) is 3. The van der Waals surface area contributed by atoms with Crippen molar-refractivity contribution in [2.45, 2.75) is 19.8 Å². The number of amides is 1. The lowest BCUT2D eigenvalue weighted by molar-refractivity contribution is -0.116. The summed E-state index contributed by atoms with van der Waals surface area (Å²) in [6.45, 7) is 3.42. The second-order valence-corrected chi connectivity index (χ2v) is 7.18. The minimum Gasteiger partial charge on any atom is -0.493 e. The molecule has 0 atom stereocenters. The SMILES string of the molecule is Cc1cc(Cl)ccc1OCCCC(=O)Nc1cc2c(cc1Br)OCCO2. The number of carbonyl (C=O) groups is 1. The fourth-order valence-electron chi connectivity index (χ4n) is 2.56. The molecule has 0 aliphatic carbocycles. The monoisotopic (exact) mass is 439 g/mol. The van der Waals surface area contributed by atoms with Gasteiger partial charge in [0.1, 0.15) is 19.0 Å². The molecule has 0 fully saturated rings. The molecule has 1 N–H and O–H groups in total. The van der Waals surface area contributed by atoms with E-state index in [1.807, 2.05) is 19.1 Å². The van der Waals surface area contributed by atoms with Crippen molar-refractivity contribution in [2.24, 2.45) is 0 Å². The van der Waals surface area contributed by atoms with E-state index in [0.29, 0.717) is 54.9 Å². The molecule has 1 amide bonds. The third-order valence-corrected chi connectivity index (χ3v) is 4.74. The van der Waals surface area contributed by atoms with E-state index in [1.54, 1.807) is 18.2 Å². The predicted molar refractivity (Wildman–Crippen MR) is 105 cm³/mol. The summed E-state index contributed by atoms with van der Waals surface area (Å²) in [5.74, 6) is 2.01. The summed E-state index contributed by atoms with van der Waals surface area (Å²) in [5.41, 5.74) is 1.64. The molecule has 0 spiro atoms. The summed E-state index contributed by atoms with van der Waals surface area (Å²) in [4.78, 5) is 12.2. The van der Waals surface area contributed by atoms with Gasteiger partial charge >= 0.3 is 0 Å². The average molecular weight is 441 g/mol. The van der Waals surface area contributed by atoms with Crippen LogP contribution in [0.4, 0.5) is 5.69 Å². The van der Waals surface area contributed by atoms with Gasteiger partial charge in [-0.05, 0) is 53.0 Å². The van der Waals surface area contributed by atoms with Crippen LogP contribution in [0.1, 0.15) is 18.4 Å². The highest BCUT2D eigenvalue weighted by Crippen LogP contribution is 2.38. The zero-order valence-corrected chi connectivity index (χ0v) is 16.7. The van der Waals surface area contributed by atoms with Crippen LogP contribution < -0.4 is 19.5 Å². The predicted octanol–water partition coefficient (Wildman–Crippen LogP) is 4.98. The molecule has 5 nitrogen and oxygen atoms in total. The molecule has 0 bridgehead atoms. The van der Waals surface area contributed by atoms with Crippen molar-refractivity contribution < 1.29 is 19.0 Å². The second kappa shape index (κ2) is 8.64. The summed E-state index contributed by atoms with van der Waals surface area (Å²) >= 11 is 9.37. The van der Waals surface area contributed by atoms with E-state index < -0.39 is 0 Å². The first kappa shape index (κ1) is 18.9. The molecule has 3 rings (SSSR count). The molecule has 0 radical (unpaired) electrons. The number of anilines is 1. The van der Waals surface area contributed by atoms with Crippen LogP contribution in [0, 0.1) is 6.92 Å². The van der Waals surface area contributed by atoms with E-state index >= 15 is 0 Å². The van der Waals surface area contributed by atoms with Crippen molar-refractivity contribution in [3.05, 3.63) is 45.4 Å². The molecule has 0 saturated heterocycles. The lowest BCUT2D eigenvalue weighted by Crippen LogP contribution is -2.17. The standard InChI is InChI=1S/C19H19BrClNO4/c1-12-9-13(21)4-5-16(12)24-6-2-3-19(23)22-15-11-18-17(10-14(15)20)25-7-8-26-18/h4-5,9-11H,2-3,6-8H2,1H3,(H,22,23). The van der Waals surface area contributed by atoms with Gasteiger partial charge in [-0.2, -0.15) is 0 Å². The molecule has 2 aromatic rings. The Balaban J connectivity index is 1.48. The highest BCUT2D eigenvalue weighted by molar-refractivity contribution is 9.10. The molecule has 7 heteroatoms. The topological polar surface area (TPSA) is 56.8 Å². The van der Waals surface area contributed by atoms with Crippen LogP contribution >= 0.6 is 27.5 Å². The van der Waals surface area contributed by atoms with Crippen LogP contribution in [0.5, 0.6) is 17.2 Å². The van der Waals surface area contributed by atoms with Gasteiger partial charge in [0, 0.05) is 28.0 Å². The van der Waals surface area contributed by atoms with E-state index in [-0.39, 0.29) is 5.91 Å². The maximum Gasteiger partial charge on any atom is 0.224 e. The van der Waals surface area contributed by atoms with E-state index in [0.717, 1.165) is 15.8 Å². The summed E-state index contributed by atoms with van der Waals surface area (Å²) in [5, 5.41) is 3.56. The van der Waals surface area contributed by atoms with Gasteiger partial charge < -0.3 is 19.5 Å². The smallest absolute Gasteiger partial charge is 0.224 e. The van der Waals surface area contributed by atoms with Gasteiger partial charge in [0.2, 0.25) is 5.91 Å². The third-order valence-electron chi connectivity index (χ3n) is 3.85. The zero-order chi connectivity index (χ0) is 18.5. The minimum atomic E-state index is -0.0844. The lowest BCUT2D eigenvalue weighted by atomic mass is 10.2. The Bertz CT molecular complexity index is 812. The minimum absolute atomic E-state index is 0.0844. The van der Waals surface area contributed by atoms with E-state index in [4.69, 9.17) is 25.8 Å². The van der Waals surface area contributed by atoms with Crippen molar-refractivity contribution in [1.82, 2.24) is 0 Å². The Hall–Kier alpha value is -1.92. The molecule has 26 heavy (non-hydrogen) atoms. The average Bonchev–Trinajstić information content (AvgIpc) is 2.61. The van der Waals surface area contributed by atoms with Gasteiger partial charge in [-0.25, -0.2) is 0 Å². The van der Waals surface area contributed by atoms with Gasteiger partial charge in [0.25, 0.3) is 0 Å². The summed E-state index contributed by atoms with van der Waals surface area (Å²) in [6.07, 6.45) is 0.962. The lowest BCUT2D eigenvalue weighted by Gasteiger charge is -2.20. The quantitative estimate of drug-likeness (QED) is 0.644. The number of aryl methyl sites for hydroxylation is 1. The molecule has 1 aliphatic heterocycles. The molecule has 1 heterocycles. The van der Waals surface area contributed by atoms with Crippen LogP contribution in [0.25, 0.3) is 0 Å². The van der Waals surface area contributed by atoms with Crippen LogP contribution in [-0.4, -0.2) is 25.7 Å². The number of benzene rings is 2. The number of hydrogen-bond donors (Lipinski definition) is 1. The Labute approximate surface area is 165 Å². The molecule has 1 aliphatic rings. The Morgan fingerprint density at radius 2 is 1.96 bits per heavy atom. The van der Waals surface area contributed by atoms with Gasteiger partial charge in [-0.3, -0.25) is 4.79 Å². The highest BCUT2D eigenvalue weighted by Gasteiger charge is 2.16. The molecular weight excluding hydrogens is 422 g/mol. The molecule has 0 unspecified atom stereocenters. The van der Waals surface area contributed by atoms with Crippen molar-refractivity contribution in [3.8, 4) is 17.2 Å². The van der Waals surface area contributed by atoms with Gasteiger partial charge in [0.15, 0.2) is 11.5 Å². The van der Waals surface area contributed by atoms with Gasteiger partial charge in [-0.15, -0.1) is 0 Å². The van der Waals surface area contributed by atoms with Gasteiger partial charge in [-0.1, -0.05) is 11.6 Å². The fraction of sp³-hybridized carbons (Fsp3) is 0.316. The molecule has 2 aromatic carbocycles. The van der Waals surface area contributed by atoms with Crippen molar-refractivity contribution in [2.75, 3.05) is 25.1 Å². The van der Waals surface area contributed by atoms with E-state index in [9.17, 15) is 4.79 Å². The first-order chi connectivity index (χ1) is 12.5. The van der Waals surface area contributed by atoms with Crippen molar-refractivity contribution in [3.63, 3.8) is 0 Å². The number of halogens is 2. The first-order valence-electron chi connectivity index (χ1n) is 8.31. The Kier molecular flexibility index (Phi) is 6.27. The second-order valence-electron chi connectivity index (χ2n) is 5.89. The van der Waals surface area contributed by atoms with Gasteiger partial charge in [0.05, 0.1) is 12.3 Å². The number of hydrogen-bond acceptors (Lipinski definition) is 4. The first-order valence-corrected chi connectivity index (χ1v) is 9.48. The fourth-order valence-corrected chi connectivity index (χ4v) is 3.21. The van der Waals surface area contributed by atoms with Crippen molar-refractivity contribution in [1.29, 1.82) is 0 Å². The van der Waals surface area contributed by atoms with E-state index in [2.05, 4.69) is 21.2 Å². The Morgan fingerprint density at radius 3 is 2.69 bits per heavy atom. The zero-order valence-electron chi connectivity index (χ0n) is 14.3. The maximum absolute atomic E-state index is 12.2. The molecule has 0 saturated carbocycles. The summed E-state index contributed by atoms with van der Waals surface area (Å²) in [7, 11) is 0. The number of nitrogens with one attached hydrogen (secondary N) is 1. The number of carbonyl (C=O) groups excluding carboxylic acids is 1. The van der Waals surface area contributed by atoms with Crippen LogP contribution in [-0.2, 0) is 4.79 Å². The molecule has 138 valence electrons. The van der Waals surface area contributed by atoms with Crippen LogP contribution in [0.15, 0.2) is 34.8 Å². The molecule has 0 aromatic heterocycles. The number of fused-ring (bicyclic) bond motifs is 1. The largest absolute Gasteiger partial charge is 0.493 e. The highest BCUT2D eigenvalue weighted by atomic mass is 79.9. The van der Waals surface area contributed by atoms with E-state index in [1.165, 1.54) is 0 Å². The summed E-state index contributed by atoms with van der Waals surface area (Å²) in [6, 6.07) is 9.05. The third kappa shape index (κ3) is 4.83. The summed E-state index contributed by atoms with van der Waals surface area (Å²) < 4.78 is 17.5.